The average Bonchev–Trinajstić information content (AvgIpc) is 2.66. The number of carbonyl (C=O) groups excluding carboxylic acids is 1. The summed E-state index contributed by atoms with van der Waals surface area (Å²) in [5.74, 6) is 0.845. The van der Waals surface area contributed by atoms with Gasteiger partial charge in [0, 0.05) is 25.4 Å². The van der Waals surface area contributed by atoms with Gasteiger partial charge in [0.05, 0.1) is 31.2 Å². The van der Waals surface area contributed by atoms with Gasteiger partial charge in [-0.1, -0.05) is 11.6 Å². The molecule has 0 aliphatic heterocycles. The highest BCUT2D eigenvalue weighted by atomic mass is 35.5. The Bertz CT molecular complexity index is 804. The first kappa shape index (κ1) is 21.2. The molecule has 3 rings (SSSR count). The Labute approximate surface area is 174 Å². The standard InChI is InChI=1S/C19H24ClN5O4/c1-12(25-13(2)26)8-27-16-5-14(6-16)9-28-18-17(20)19(24-11-23-18)29-10-15-7-21-3-4-22-15/h3-4,7,11-12,14,16H,5-6,8-10H2,1-2H3,(H,25,26)/t12-,14?,16?/m0/s1. The zero-order valence-electron chi connectivity index (χ0n) is 16.4. The molecule has 1 aliphatic carbocycles. The van der Waals surface area contributed by atoms with E-state index in [0.717, 1.165) is 12.8 Å². The van der Waals surface area contributed by atoms with Crippen molar-refractivity contribution in [1.29, 1.82) is 0 Å². The fraction of sp³-hybridized carbons (Fsp3) is 0.526. The summed E-state index contributed by atoms with van der Waals surface area (Å²) in [6.07, 6.45) is 8.11. The van der Waals surface area contributed by atoms with E-state index in [9.17, 15) is 4.79 Å². The van der Waals surface area contributed by atoms with Gasteiger partial charge in [-0.05, 0) is 25.7 Å². The third-order valence-electron chi connectivity index (χ3n) is 4.38. The molecule has 1 aliphatic rings. The number of carbonyl (C=O) groups is 1. The number of nitrogens with one attached hydrogen (secondary N) is 1. The van der Waals surface area contributed by atoms with Crippen molar-refractivity contribution in [3.8, 4) is 11.8 Å². The van der Waals surface area contributed by atoms with Crippen LogP contribution in [0.15, 0.2) is 24.9 Å². The fourth-order valence-electron chi connectivity index (χ4n) is 2.90. The van der Waals surface area contributed by atoms with E-state index in [0.29, 0.717) is 30.7 Å². The van der Waals surface area contributed by atoms with Crippen LogP contribution in [0, 0.1) is 5.92 Å². The Kier molecular flexibility index (Phi) is 7.54. The Morgan fingerprint density at radius 2 is 2.00 bits per heavy atom. The summed E-state index contributed by atoms with van der Waals surface area (Å²) in [5.41, 5.74) is 0.665. The van der Waals surface area contributed by atoms with Crippen LogP contribution in [0.5, 0.6) is 11.8 Å². The van der Waals surface area contributed by atoms with E-state index in [2.05, 4.69) is 25.3 Å². The highest BCUT2D eigenvalue weighted by molar-refractivity contribution is 6.33. The van der Waals surface area contributed by atoms with Crippen LogP contribution in [0.4, 0.5) is 0 Å². The van der Waals surface area contributed by atoms with E-state index in [1.807, 2.05) is 6.92 Å². The molecule has 1 N–H and O–H groups in total. The molecule has 2 aromatic heterocycles. The SMILES string of the molecule is CC(=O)N[C@@H](C)COC1CC(COc2ncnc(OCc3cnccn3)c2Cl)C1. The second kappa shape index (κ2) is 10.3. The van der Waals surface area contributed by atoms with Crippen LogP contribution in [-0.4, -0.2) is 51.2 Å². The Morgan fingerprint density at radius 3 is 2.69 bits per heavy atom. The van der Waals surface area contributed by atoms with Crippen LogP contribution in [0.2, 0.25) is 5.02 Å². The molecular formula is C19H24ClN5O4. The van der Waals surface area contributed by atoms with Gasteiger partial charge in [0.1, 0.15) is 12.9 Å². The predicted octanol–water partition coefficient (Wildman–Crippen LogP) is 2.20. The number of halogens is 1. The van der Waals surface area contributed by atoms with E-state index in [1.165, 1.54) is 13.3 Å². The quantitative estimate of drug-likeness (QED) is 0.621. The molecule has 156 valence electrons. The predicted molar refractivity (Wildman–Crippen MR) is 105 cm³/mol. The van der Waals surface area contributed by atoms with Gasteiger partial charge >= 0.3 is 0 Å². The molecule has 1 atom stereocenters. The Balaban J connectivity index is 1.40. The number of amides is 1. The van der Waals surface area contributed by atoms with E-state index < -0.39 is 0 Å². The molecule has 0 saturated heterocycles. The van der Waals surface area contributed by atoms with Gasteiger partial charge in [-0.3, -0.25) is 14.8 Å². The van der Waals surface area contributed by atoms with Crippen molar-refractivity contribution in [1.82, 2.24) is 25.3 Å². The van der Waals surface area contributed by atoms with E-state index >= 15 is 0 Å². The molecule has 2 heterocycles. The first-order valence-electron chi connectivity index (χ1n) is 9.41. The number of nitrogens with zero attached hydrogens (tertiary/aromatic N) is 4. The van der Waals surface area contributed by atoms with Gasteiger partial charge in [0.2, 0.25) is 17.7 Å². The topological polar surface area (TPSA) is 108 Å². The Hall–Kier alpha value is -2.52. The average molecular weight is 422 g/mol. The minimum absolute atomic E-state index is 0.00270. The molecule has 9 nitrogen and oxygen atoms in total. The first-order valence-corrected chi connectivity index (χ1v) is 9.78. The summed E-state index contributed by atoms with van der Waals surface area (Å²) < 4.78 is 17.1. The second-order valence-corrected chi connectivity index (χ2v) is 7.37. The van der Waals surface area contributed by atoms with Crippen molar-refractivity contribution >= 4 is 17.5 Å². The van der Waals surface area contributed by atoms with E-state index in [4.69, 9.17) is 25.8 Å². The molecule has 2 aromatic rings. The maximum absolute atomic E-state index is 11.0. The smallest absolute Gasteiger partial charge is 0.240 e. The maximum atomic E-state index is 11.0. The highest BCUT2D eigenvalue weighted by Crippen LogP contribution is 2.34. The molecule has 1 saturated carbocycles. The van der Waals surface area contributed by atoms with Gasteiger partial charge in [-0.25, -0.2) is 9.97 Å². The molecule has 10 heteroatoms. The van der Waals surface area contributed by atoms with Gasteiger partial charge in [-0.15, -0.1) is 0 Å². The molecule has 0 spiro atoms. The molecule has 1 fully saturated rings. The van der Waals surface area contributed by atoms with Crippen LogP contribution in [0.3, 0.4) is 0 Å². The van der Waals surface area contributed by atoms with Crippen LogP contribution >= 0.6 is 11.6 Å². The van der Waals surface area contributed by atoms with E-state index in [-0.39, 0.29) is 35.6 Å². The summed E-state index contributed by atoms with van der Waals surface area (Å²) >= 11 is 6.30. The lowest BCUT2D eigenvalue weighted by atomic mass is 9.83. The van der Waals surface area contributed by atoms with Crippen molar-refractivity contribution in [2.75, 3.05) is 13.2 Å². The molecule has 0 bridgehead atoms. The monoisotopic (exact) mass is 421 g/mol. The van der Waals surface area contributed by atoms with Crippen molar-refractivity contribution in [2.24, 2.45) is 5.92 Å². The molecule has 0 aromatic carbocycles. The molecule has 29 heavy (non-hydrogen) atoms. The minimum Gasteiger partial charge on any atom is -0.476 e. The zero-order chi connectivity index (χ0) is 20.6. The summed E-state index contributed by atoms with van der Waals surface area (Å²) in [6, 6.07) is 0.00270. The highest BCUT2D eigenvalue weighted by Gasteiger charge is 2.31. The number of rotatable bonds is 10. The van der Waals surface area contributed by atoms with Crippen LogP contribution in [0.1, 0.15) is 32.4 Å². The van der Waals surface area contributed by atoms with Gasteiger partial charge in [0.15, 0.2) is 5.02 Å². The summed E-state index contributed by atoms with van der Waals surface area (Å²) in [6.45, 7) is 4.60. The van der Waals surface area contributed by atoms with Gasteiger partial charge in [0.25, 0.3) is 0 Å². The van der Waals surface area contributed by atoms with Gasteiger partial charge in [-0.2, -0.15) is 0 Å². The lowest BCUT2D eigenvalue weighted by Gasteiger charge is -2.35. The number of ether oxygens (including phenoxy) is 3. The largest absolute Gasteiger partial charge is 0.476 e. The van der Waals surface area contributed by atoms with Crippen molar-refractivity contribution < 1.29 is 19.0 Å². The zero-order valence-corrected chi connectivity index (χ0v) is 17.1. The van der Waals surface area contributed by atoms with Crippen LogP contribution in [0.25, 0.3) is 0 Å². The number of hydrogen-bond donors (Lipinski definition) is 1. The number of hydrogen-bond acceptors (Lipinski definition) is 8. The molecule has 1 amide bonds. The summed E-state index contributed by atoms with van der Waals surface area (Å²) in [7, 11) is 0. The minimum atomic E-state index is -0.0530. The molecular weight excluding hydrogens is 398 g/mol. The van der Waals surface area contributed by atoms with Gasteiger partial charge < -0.3 is 19.5 Å². The Morgan fingerprint density at radius 1 is 1.24 bits per heavy atom. The normalized spacial score (nSPS) is 19.1. The summed E-state index contributed by atoms with van der Waals surface area (Å²) in [5, 5.41) is 3.03. The van der Waals surface area contributed by atoms with Crippen LogP contribution in [-0.2, 0) is 16.1 Å². The van der Waals surface area contributed by atoms with Crippen LogP contribution < -0.4 is 14.8 Å². The molecule has 0 radical (unpaired) electrons. The number of aromatic nitrogens is 4. The van der Waals surface area contributed by atoms with Crippen molar-refractivity contribution in [3.05, 3.63) is 35.6 Å². The van der Waals surface area contributed by atoms with E-state index in [1.54, 1.807) is 18.6 Å². The first-order chi connectivity index (χ1) is 14.0. The fourth-order valence-corrected chi connectivity index (χ4v) is 3.11. The lowest BCUT2D eigenvalue weighted by Crippen LogP contribution is -2.40. The van der Waals surface area contributed by atoms with Crippen molar-refractivity contribution in [2.45, 2.75) is 45.4 Å². The third kappa shape index (κ3) is 6.50. The lowest BCUT2D eigenvalue weighted by molar-refractivity contribution is -0.120. The molecule has 0 unspecified atom stereocenters. The third-order valence-corrected chi connectivity index (χ3v) is 4.70. The maximum Gasteiger partial charge on any atom is 0.240 e. The second-order valence-electron chi connectivity index (χ2n) is 6.99. The summed E-state index contributed by atoms with van der Waals surface area (Å²) in [4.78, 5) is 27.2. The van der Waals surface area contributed by atoms with Crippen molar-refractivity contribution in [3.63, 3.8) is 0 Å².